The molecule has 20 heavy (non-hydrogen) atoms. The van der Waals surface area contributed by atoms with Gasteiger partial charge in [0.15, 0.2) is 5.82 Å². The van der Waals surface area contributed by atoms with Crippen molar-refractivity contribution in [3.05, 3.63) is 69.9 Å². The Kier molecular flexibility index (Phi) is 3.14. The summed E-state index contributed by atoms with van der Waals surface area (Å²) in [5, 5.41) is 0.524. The molecule has 2 aromatic carbocycles. The first-order chi connectivity index (χ1) is 9.59. The van der Waals surface area contributed by atoms with Crippen molar-refractivity contribution in [1.82, 2.24) is 0 Å². The van der Waals surface area contributed by atoms with E-state index in [1.165, 1.54) is 12.3 Å². The van der Waals surface area contributed by atoms with Crippen molar-refractivity contribution in [2.24, 2.45) is 0 Å². The van der Waals surface area contributed by atoms with Crippen molar-refractivity contribution in [2.45, 2.75) is 0 Å². The van der Waals surface area contributed by atoms with Gasteiger partial charge in [0.05, 0.1) is 15.6 Å². The van der Waals surface area contributed by atoms with Crippen molar-refractivity contribution in [1.29, 1.82) is 0 Å². The molecule has 3 aromatic rings. The molecule has 5 heteroatoms. The van der Waals surface area contributed by atoms with E-state index in [0.29, 0.717) is 11.0 Å². The lowest BCUT2D eigenvalue weighted by Crippen LogP contribution is -2.07. The molecule has 2 nitrogen and oxygen atoms in total. The molecule has 100 valence electrons. The molecule has 0 spiro atoms. The maximum absolute atomic E-state index is 14.0. The van der Waals surface area contributed by atoms with Crippen molar-refractivity contribution >= 4 is 32.7 Å². The molecule has 0 radical (unpaired) electrons. The summed E-state index contributed by atoms with van der Waals surface area (Å²) in [4.78, 5) is 12.4. The molecule has 0 saturated heterocycles. The smallest absolute Gasteiger partial charge is 0.202 e. The van der Waals surface area contributed by atoms with Crippen LogP contribution in [0, 0.1) is 11.6 Å². The number of carbonyl (C=O) groups is 1. The van der Waals surface area contributed by atoms with E-state index in [-0.39, 0.29) is 10.0 Å². The number of hydrogen-bond acceptors (Lipinski definition) is 2. The second-order valence-electron chi connectivity index (χ2n) is 4.19. The average Bonchev–Trinajstić information content (AvgIpc) is 2.87. The molecule has 0 bridgehead atoms. The predicted molar refractivity (Wildman–Crippen MR) is 73.7 cm³/mol. The Morgan fingerprint density at radius 1 is 1.10 bits per heavy atom. The molecule has 0 unspecified atom stereocenters. The van der Waals surface area contributed by atoms with Gasteiger partial charge in [0, 0.05) is 5.39 Å². The maximum Gasteiger partial charge on any atom is 0.202 e. The quantitative estimate of drug-likeness (QED) is 0.501. The number of carbonyl (C=O) groups excluding carboxylic acids is 1. The van der Waals surface area contributed by atoms with Crippen LogP contribution < -0.4 is 0 Å². The highest BCUT2D eigenvalue weighted by Gasteiger charge is 2.23. The molecule has 0 atom stereocenters. The van der Waals surface area contributed by atoms with Gasteiger partial charge in [-0.25, -0.2) is 8.78 Å². The van der Waals surface area contributed by atoms with Crippen LogP contribution in [-0.2, 0) is 0 Å². The fourth-order valence-corrected chi connectivity index (χ4v) is 2.35. The first kappa shape index (κ1) is 13.0. The number of halogens is 3. The summed E-state index contributed by atoms with van der Waals surface area (Å²) in [7, 11) is 0. The lowest BCUT2D eigenvalue weighted by molar-refractivity contribution is 0.103. The van der Waals surface area contributed by atoms with Gasteiger partial charge < -0.3 is 4.42 Å². The van der Waals surface area contributed by atoms with Gasteiger partial charge in [0.25, 0.3) is 0 Å². The van der Waals surface area contributed by atoms with Crippen molar-refractivity contribution in [3.63, 3.8) is 0 Å². The third-order valence-corrected chi connectivity index (χ3v) is 3.61. The van der Waals surface area contributed by atoms with Gasteiger partial charge in [0.1, 0.15) is 17.7 Å². The van der Waals surface area contributed by atoms with Gasteiger partial charge in [0.2, 0.25) is 5.78 Å². The Morgan fingerprint density at radius 2 is 1.85 bits per heavy atom. The highest BCUT2D eigenvalue weighted by molar-refractivity contribution is 9.10. The number of para-hydroxylation sites is 1. The van der Waals surface area contributed by atoms with E-state index in [1.54, 1.807) is 24.3 Å². The van der Waals surface area contributed by atoms with Gasteiger partial charge in [-0.1, -0.05) is 18.2 Å². The molecule has 0 aliphatic carbocycles. The second kappa shape index (κ2) is 4.83. The number of ketones is 1. The van der Waals surface area contributed by atoms with Crippen LogP contribution in [0.5, 0.6) is 0 Å². The minimum absolute atomic E-state index is 0.0371. The van der Waals surface area contributed by atoms with Crippen LogP contribution in [0.15, 0.2) is 51.6 Å². The van der Waals surface area contributed by atoms with E-state index >= 15 is 0 Å². The average molecular weight is 337 g/mol. The monoisotopic (exact) mass is 336 g/mol. The molecule has 1 aromatic heterocycles. The van der Waals surface area contributed by atoms with E-state index < -0.39 is 23.0 Å². The zero-order valence-electron chi connectivity index (χ0n) is 9.99. The Hall–Kier alpha value is -2.01. The Labute approximate surface area is 121 Å². The Morgan fingerprint density at radius 3 is 2.65 bits per heavy atom. The van der Waals surface area contributed by atoms with Crippen molar-refractivity contribution in [2.75, 3.05) is 0 Å². The van der Waals surface area contributed by atoms with Crippen molar-refractivity contribution in [3.8, 4) is 0 Å². The van der Waals surface area contributed by atoms with Crippen LogP contribution in [0.25, 0.3) is 11.0 Å². The van der Waals surface area contributed by atoms with Crippen LogP contribution in [0.2, 0.25) is 0 Å². The third kappa shape index (κ3) is 1.94. The summed E-state index contributed by atoms with van der Waals surface area (Å²) in [6.07, 6.45) is 1.22. The molecule has 3 rings (SSSR count). The highest BCUT2D eigenvalue weighted by Crippen LogP contribution is 2.28. The first-order valence-corrected chi connectivity index (χ1v) is 6.53. The summed E-state index contributed by atoms with van der Waals surface area (Å²) in [6, 6.07) is 9.08. The highest BCUT2D eigenvalue weighted by atomic mass is 79.9. The number of fused-ring (bicyclic) bond motifs is 1. The largest absolute Gasteiger partial charge is 0.464 e. The summed E-state index contributed by atoms with van der Waals surface area (Å²) < 4.78 is 33.0. The van der Waals surface area contributed by atoms with Crippen LogP contribution in [-0.4, -0.2) is 5.78 Å². The van der Waals surface area contributed by atoms with Crippen LogP contribution in [0.4, 0.5) is 8.78 Å². The molecule has 0 N–H and O–H groups in total. The molecule has 0 saturated carbocycles. The SMILES string of the molecule is O=C(c1c(F)ccc(Br)c1F)c1coc2ccccc12. The summed E-state index contributed by atoms with van der Waals surface area (Å²) in [5.74, 6) is -2.56. The van der Waals surface area contributed by atoms with Crippen LogP contribution >= 0.6 is 15.9 Å². The molecular weight excluding hydrogens is 330 g/mol. The van der Waals surface area contributed by atoms with Gasteiger partial charge >= 0.3 is 0 Å². The molecule has 0 aliphatic rings. The van der Waals surface area contributed by atoms with E-state index in [0.717, 1.165) is 6.07 Å². The Bertz CT molecular complexity index is 824. The van der Waals surface area contributed by atoms with Crippen LogP contribution in [0.3, 0.4) is 0 Å². The van der Waals surface area contributed by atoms with E-state index in [2.05, 4.69) is 15.9 Å². The molecule has 0 fully saturated rings. The van der Waals surface area contributed by atoms with E-state index in [4.69, 9.17) is 4.42 Å². The molecule has 0 amide bonds. The topological polar surface area (TPSA) is 30.2 Å². The fourth-order valence-electron chi connectivity index (χ4n) is 2.02. The second-order valence-corrected chi connectivity index (χ2v) is 5.05. The fraction of sp³-hybridized carbons (Fsp3) is 0. The van der Waals surface area contributed by atoms with Gasteiger partial charge in [-0.2, -0.15) is 0 Å². The van der Waals surface area contributed by atoms with Crippen LogP contribution in [0.1, 0.15) is 15.9 Å². The van der Waals surface area contributed by atoms with Gasteiger partial charge in [-0.3, -0.25) is 4.79 Å². The van der Waals surface area contributed by atoms with Crippen molar-refractivity contribution < 1.29 is 18.0 Å². The minimum Gasteiger partial charge on any atom is -0.464 e. The summed E-state index contributed by atoms with van der Waals surface area (Å²) in [5.41, 5.74) is 0.0362. The zero-order valence-corrected chi connectivity index (χ0v) is 11.6. The van der Waals surface area contributed by atoms with E-state index in [9.17, 15) is 13.6 Å². The predicted octanol–water partition coefficient (Wildman–Crippen LogP) is 4.70. The lowest BCUT2D eigenvalue weighted by atomic mass is 10.0. The third-order valence-electron chi connectivity index (χ3n) is 3.00. The standard InChI is InChI=1S/C15H7BrF2O2/c16-10-5-6-11(17)13(14(10)18)15(19)9-7-20-12-4-2-1-3-8(9)12/h1-7H. The minimum atomic E-state index is -0.916. The summed E-state index contributed by atoms with van der Waals surface area (Å²) in [6.45, 7) is 0. The number of hydrogen-bond donors (Lipinski definition) is 0. The maximum atomic E-state index is 14.0. The number of furan rings is 1. The summed E-state index contributed by atoms with van der Waals surface area (Å²) >= 11 is 2.94. The number of benzene rings is 2. The zero-order chi connectivity index (χ0) is 14.3. The molecule has 1 heterocycles. The molecule has 0 aliphatic heterocycles. The lowest BCUT2D eigenvalue weighted by Gasteiger charge is -2.04. The van der Waals surface area contributed by atoms with Gasteiger partial charge in [-0.15, -0.1) is 0 Å². The van der Waals surface area contributed by atoms with E-state index in [1.807, 2.05) is 0 Å². The normalized spacial score (nSPS) is 10.9. The first-order valence-electron chi connectivity index (χ1n) is 5.74. The van der Waals surface area contributed by atoms with Gasteiger partial charge in [-0.05, 0) is 34.1 Å². The number of rotatable bonds is 2. The Balaban J connectivity index is 2.21. The molecular formula is C15H7BrF2O2.